The molecule has 0 radical (unpaired) electrons. The number of amides is 1. The number of aryl methyl sites for hydroxylation is 1. The zero-order chi connectivity index (χ0) is 14.4. The summed E-state index contributed by atoms with van der Waals surface area (Å²) in [5.41, 5.74) is 2.39. The molecule has 2 heterocycles. The summed E-state index contributed by atoms with van der Waals surface area (Å²) in [5.74, 6) is 0.668. The van der Waals surface area contributed by atoms with E-state index in [1.54, 1.807) is 17.4 Å². The van der Waals surface area contributed by atoms with Crippen LogP contribution in [0.5, 0.6) is 0 Å². The van der Waals surface area contributed by atoms with Crippen molar-refractivity contribution in [1.82, 2.24) is 4.98 Å². The average Bonchev–Trinajstić information content (AvgIpc) is 2.97. The Hall–Kier alpha value is -1.88. The van der Waals surface area contributed by atoms with Gasteiger partial charge in [-0.1, -0.05) is 13.8 Å². The summed E-state index contributed by atoms with van der Waals surface area (Å²) in [5, 5.41) is 9.97. The number of rotatable bonds is 6. The summed E-state index contributed by atoms with van der Waals surface area (Å²) < 4.78 is 0. The molecule has 20 heavy (non-hydrogen) atoms. The normalized spacial score (nSPS) is 10.3. The van der Waals surface area contributed by atoms with E-state index in [0.29, 0.717) is 5.56 Å². The largest absolute Gasteiger partial charge is 0.370 e. The van der Waals surface area contributed by atoms with Crippen molar-refractivity contribution in [1.29, 1.82) is 0 Å². The number of anilines is 2. The topological polar surface area (TPSA) is 54.0 Å². The number of nitrogens with zero attached hydrogens (tertiary/aromatic N) is 1. The highest BCUT2D eigenvalue weighted by molar-refractivity contribution is 7.08. The van der Waals surface area contributed by atoms with Gasteiger partial charge in [0.25, 0.3) is 5.91 Å². The van der Waals surface area contributed by atoms with Crippen LogP contribution in [0.4, 0.5) is 11.5 Å². The fourth-order valence-electron chi connectivity index (χ4n) is 1.78. The number of hydrogen-bond donors (Lipinski definition) is 2. The van der Waals surface area contributed by atoms with Gasteiger partial charge in [0.2, 0.25) is 0 Å². The molecule has 0 unspecified atom stereocenters. The molecule has 0 atom stereocenters. The van der Waals surface area contributed by atoms with E-state index in [4.69, 9.17) is 0 Å². The molecule has 4 nitrogen and oxygen atoms in total. The Morgan fingerprint density at radius 1 is 1.35 bits per heavy atom. The van der Waals surface area contributed by atoms with Gasteiger partial charge in [-0.25, -0.2) is 4.98 Å². The van der Waals surface area contributed by atoms with E-state index < -0.39 is 0 Å². The van der Waals surface area contributed by atoms with Gasteiger partial charge in [0.15, 0.2) is 0 Å². The van der Waals surface area contributed by atoms with Crippen molar-refractivity contribution in [2.24, 2.45) is 0 Å². The van der Waals surface area contributed by atoms with Gasteiger partial charge in [-0.05, 0) is 36.4 Å². The molecule has 0 spiro atoms. The van der Waals surface area contributed by atoms with E-state index >= 15 is 0 Å². The van der Waals surface area contributed by atoms with Crippen molar-refractivity contribution in [2.45, 2.75) is 26.7 Å². The first-order chi connectivity index (χ1) is 9.72. The molecular weight excluding hydrogens is 270 g/mol. The minimum absolute atomic E-state index is 0.0972. The number of nitrogens with one attached hydrogen (secondary N) is 2. The van der Waals surface area contributed by atoms with Crippen molar-refractivity contribution in [3.63, 3.8) is 0 Å². The maximum Gasteiger partial charge on any atom is 0.255 e. The summed E-state index contributed by atoms with van der Waals surface area (Å²) >= 11 is 1.56. The first-order valence-electron chi connectivity index (χ1n) is 6.81. The van der Waals surface area contributed by atoms with Gasteiger partial charge in [0, 0.05) is 23.2 Å². The Kier molecular flexibility index (Phi) is 5.12. The van der Waals surface area contributed by atoms with Crippen LogP contribution < -0.4 is 10.6 Å². The van der Waals surface area contributed by atoms with E-state index in [9.17, 15) is 4.79 Å². The molecular formula is C15H19N3OS. The zero-order valence-corrected chi connectivity index (χ0v) is 12.6. The summed E-state index contributed by atoms with van der Waals surface area (Å²) in [6, 6.07) is 5.54. The molecule has 2 N–H and O–H groups in total. The highest BCUT2D eigenvalue weighted by atomic mass is 32.1. The molecule has 0 aliphatic rings. The third kappa shape index (κ3) is 3.81. The molecule has 106 valence electrons. The lowest BCUT2D eigenvalue weighted by Gasteiger charge is -2.09. The van der Waals surface area contributed by atoms with Gasteiger partial charge in [-0.15, -0.1) is 0 Å². The van der Waals surface area contributed by atoms with Crippen LogP contribution in [0.3, 0.4) is 0 Å². The minimum Gasteiger partial charge on any atom is -0.370 e. The first kappa shape index (κ1) is 14.5. The van der Waals surface area contributed by atoms with E-state index in [2.05, 4.69) is 22.5 Å². The third-order valence-electron chi connectivity index (χ3n) is 2.84. The monoisotopic (exact) mass is 289 g/mol. The van der Waals surface area contributed by atoms with Gasteiger partial charge < -0.3 is 10.6 Å². The van der Waals surface area contributed by atoms with Crippen molar-refractivity contribution >= 4 is 28.7 Å². The van der Waals surface area contributed by atoms with Crippen LogP contribution in [0.1, 0.15) is 36.3 Å². The predicted molar refractivity (Wildman–Crippen MR) is 84.7 cm³/mol. The Labute approximate surface area is 123 Å². The van der Waals surface area contributed by atoms with Gasteiger partial charge in [0.1, 0.15) is 5.82 Å². The number of hydrogen-bond acceptors (Lipinski definition) is 4. The lowest BCUT2D eigenvalue weighted by atomic mass is 10.1. The van der Waals surface area contributed by atoms with Crippen LogP contribution in [-0.2, 0) is 6.42 Å². The maximum atomic E-state index is 12.2. The summed E-state index contributed by atoms with van der Waals surface area (Å²) in [7, 11) is 0. The number of thiophene rings is 1. The molecule has 0 aromatic carbocycles. The SMILES string of the molecule is CCCNc1cc(C(=O)Nc2ccsc2)cc(CC)n1. The smallest absolute Gasteiger partial charge is 0.255 e. The molecule has 0 saturated heterocycles. The Bertz CT molecular complexity index is 567. The standard InChI is InChI=1S/C15H19N3OS/c1-3-6-16-14-9-11(8-12(4-2)17-14)15(19)18-13-5-7-20-10-13/h5,7-10H,3-4,6H2,1-2H3,(H,16,17)(H,18,19). The molecule has 2 aromatic heterocycles. The fraction of sp³-hybridized carbons (Fsp3) is 0.333. The van der Waals surface area contributed by atoms with Crippen LogP contribution in [0, 0.1) is 0 Å². The van der Waals surface area contributed by atoms with E-state index in [1.165, 1.54) is 0 Å². The maximum absolute atomic E-state index is 12.2. The second kappa shape index (κ2) is 7.05. The number of carbonyl (C=O) groups is 1. The van der Waals surface area contributed by atoms with Crippen LogP contribution in [0.15, 0.2) is 29.0 Å². The van der Waals surface area contributed by atoms with Crippen LogP contribution in [0.2, 0.25) is 0 Å². The van der Waals surface area contributed by atoms with E-state index in [1.807, 2.05) is 29.8 Å². The number of carbonyl (C=O) groups excluding carboxylic acids is 1. The summed E-state index contributed by atoms with van der Waals surface area (Å²) in [4.78, 5) is 16.7. The number of pyridine rings is 1. The second-order valence-electron chi connectivity index (χ2n) is 4.48. The second-order valence-corrected chi connectivity index (χ2v) is 5.26. The fourth-order valence-corrected chi connectivity index (χ4v) is 2.37. The third-order valence-corrected chi connectivity index (χ3v) is 3.52. The van der Waals surface area contributed by atoms with Crippen molar-refractivity contribution in [3.8, 4) is 0 Å². The van der Waals surface area contributed by atoms with E-state index in [0.717, 1.165) is 36.6 Å². The minimum atomic E-state index is -0.0972. The molecule has 1 amide bonds. The van der Waals surface area contributed by atoms with Crippen molar-refractivity contribution < 1.29 is 4.79 Å². The van der Waals surface area contributed by atoms with Crippen LogP contribution in [0.25, 0.3) is 0 Å². The van der Waals surface area contributed by atoms with Gasteiger partial charge in [-0.2, -0.15) is 11.3 Å². The lowest BCUT2D eigenvalue weighted by molar-refractivity contribution is 0.102. The van der Waals surface area contributed by atoms with Crippen LogP contribution >= 0.6 is 11.3 Å². The quantitative estimate of drug-likeness (QED) is 0.851. The van der Waals surface area contributed by atoms with E-state index in [-0.39, 0.29) is 5.91 Å². The Morgan fingerprint density at radius 2 is 2.20 bits per heavy atom. The average molecular weight is 289 g/mol. The molecule has 0 aliphatic carbocycles. The lowest BCUT2D eigenvalue weighted by Crippen LogP contribution is -2.13. The highest BCUT2D eigenvalue weighted by Gasteiger charge is 2.10. The van der Waals surface area contributed by atoms with Gasteiger partial charge >= 0.3 is 0 Å². The van der Waals surface area contributed by atoms with Crippen molar-refractivity contribution in [2.75, 3.05) is 17.2 Å². The molecule has 2 rings (SSSR count). The summed E-state index contributed by atoms with van der Waals surface area (Å²) in [6.07, 6.45) is 1.83. The first-order valence-corrected chi connectivity index (χ1v) is 7.75. The predicted octanol–water partition coefficient (Wildman–Crippen LogP) is 3.78. The van der Waals surface area contributed by atoms with Gasteiger partial charge in [-0.3, -0.25) is 4.79 Å². The number of aromatic nitrogens is 1. The Balaban J connectivity index is 2.18. The highest BCUT2D eigenvalue weighted by Crippen LogP contribution is 2.16. The molecule has 5 heteroatoms. The zero-order valence-electron chi connectivity index (χ0n) is 11.8. The molecule has 0 fully saturated rings. The van der Waals surface area contributed by atoms with Crippen LogP contribution in [-0.4, -0.2) is 17.4 Å². The Morgan fingerprint density at radius 3 is 2.85 bits per heavy atom. The molecule has 0 bridgehead atoms. The van der Waals surface area contributed by atoms with Gasteiger partial charge in [0.05, 0.1) is 5.69 Å². The molecule has 0 aliphatic heterocycles. The molecule has 0 saturated carbocycles. The van der Waals surface area contributed by atoms with Crippen molar-refractivity contribution in [3.05, 3.63) is 40.2 Å². The molecule has 2 aromatic rings. The summed E-state index contributed by atoms with van der Waals surface area (Å²) in [6.45, 7) is 4.99.